The molecule has 0 fully saturated rings. The van der Waals surface area contributed by atoms with Crippen molar-refractivity contribution < 1.29 is 14.6 Å². The molecular formula is C14H17NO3. The Hall–Kier alpha value is -1.99. The summed E-state index contributed by atoms with van der Waals surface area (Å²) in [5.41, 5.74) is 1.45. The number of carboxylic acid groups (broad SMARTS) is 1. The number of hydrogen-bond acceptors (Lipinski definition) is 3. The van der Waals surface area contributed by atoms with Crippen molar-refractivity contribution in [2.45, 2.75) is 12.8 Å². The van der Waals surface area contributed by atoms with Crippen LogP contribution in [-0.4, -0.2) is 31.8 Å². The maximum Gasteiger partial charge on any atom is 0.307 e. The fraction of sp³-hybridized carbons (Fsp3) is 0.357. The highest BCUT2D eigenvalue weighted by Crippen LogP contribution is 2.19. The number of carbonyl (C=O) groups is 1. The van der Waals surface area contributed by atoms with Gasteiger partial charge >= 0.3 is 5.97 Å². The van der Waals surface area contributed by atoms with Crippen molar-refractivity contribution in [2.24, 2.45) is 0 Å². The van der Waals surface area contributed by atoms with Gasteiger partial charge in [0.15, 0.2) is 0 Å². The minimum absolute atomic E-state index is 0.00477. The molecule has 0 aliphatic rings. The third-order valence-corrected chi connectivity index (χ3v) is 2.34. The van der Waals surface area contributed by atoms with Crippen LogP contribution in [0.4, 0.5) is 0 Å². The second-order valence-electron chi connectivity index (χ2n) is 3.76. The van der Waals surface area contributed by atoms with Crippen molar-refractivity contribution in [3.8, 4) is 17.6 Å². The highest BCUT2D eigenvalue weighted by Gasteiger charge is 2.05. The molecule has 0 aromatic heterocycles. The summed E-state index contributed by atoms with van der Waals surface area (Å²) in [7, 11) is 3.45. The van der Waals surface area contributed by atoms with E-state index in [1.807, 2.05) is 7.05 Å². The van der Waals surface area contributed by atoms with E-state index in [9.17, 15) is 4.79 Å². The van der Waals surface area contributed by atoms with E-state index in [-0.39, 0.29) is 6.42 Å². The maximum absolute atomic E-state index is 10.7. The molecule has 0 radical (unpaired) electrons. The average molecular weight is 247 g/mol. The molecule has 0 bridgehead atoms. The first-order valence-electron chi connectivity index (χ1n) is 5.69. The SMILES string of the molecule is CNCCC#Cc1cc(CC(=O)O)ccc1OC. The Morgan fingerprint density at radius 2 is 2.28 bits per heavy atom. The first-order valence-corrected chi connectivity index (χ1v) is 5.69. The zero-order valence-corrected chi connectivity index (χ0v) is 10.6. The molecule has 0 spiro atoms. The number of aliphatic carboxylic acids is 1. The monoisotopic (exact) mass is 247 g/mol. The van der Waals surface area contributed by atoms with Gasteiger partial charge in [-0.05, 0) is 24.7 Å². The van der Waals surface area contributed by atoms with Crippen molar-refractivity contribution in [3.05, 3.63) is 29.3 Å². The standard InChI is InChI=1S/C14H17NO3/c1-15-8-4-3-5-12-9-11(10-14(16)17)6-7-13(12)18-2/h6-7,9,15H,4,8,10H2,1-2H3,(H,16,17). The topological polar surface area (TPSA) is 58.6 Å². The quantitative estimate of drug-likeness (QED) is 0.608. The summed E-state index contributed by atoms with van der Waals surface area (Å²) < 4.78 is 5.20. The zero-order valence-electron chi connectivity index (χ0n) is 10.6. The molecule has 18 heavy (non-hydrogen) atoms. The van der Waals surface area contributed by atoms with Crippen LogP contribution in [-0.2, 0) is 11.2 Å². The van der Waals surface area contributed by atoms with Gasteiger partial charge in [0.25, 0.3) is 0 Å². The number of hydrogen-bond donors (Lipinski definition) is 2. The predicted octanol–water partition coefficient (Wildman–Crippen LogP) is 1.28. The lowest BCUT2D eigenvalue weighted by Crippen LogP contribution is -2.06. The summed E-state index contributed by atoms with van der Waals surface area (Å²) in [4.78, 5) is 10.7. The lowest BCUT2D eigenvalue weighted by atomic mass is 10.1. The van der Waals surface area contributed by atoms with Crippen LogP contribution in [0.25, 0.3) is 0 Å². The van der Waals surface area contributed by atoms with E-state index in [2.05, 4.69) is 17.2 Å². The molecule has 0 saturated carbocycles. The summed E-state index contributed by atoms with van der Waals surface area (Å²) in [5, 5.41) is 11.8. The van der Waals surface area contributed by atoms with E-state index in [0.717, 1.165) is 24.1 Å². The highest BCUT2D eigenvalue weighted by atomic mass is 16.5. The smallest absolute Gasteiger partial charge is 0.307 e. The molecule has 0 aliphatic carbocycles. The lowest BCUT2D eigenvalue weighted by molar-refractivity contribution is -0.136. The van der Waals surface area contributed by atoms with Crippen LogP contribution in [0, 0.1) is 11.8 Å². The molecule has 1 aromatic rings. The van der Waals surface area contributed by atoms with Crippen molar-refractivity contribution >= 4 is 5.97 Å². The van der Waals surface area contributed by atoms with Crippen LogP contribution in [0.2, 0.25) is 0 Å². The Balaban J connectivity index is 2.90. The lowest BCUT2D eigenvalue weighted by Gasteiger charge is -2.05. The number of rotatable bonds is 5. The Morgan fingerprint density at radius 1 is 1.50 bits per heavy atom. The molecule has 4 heteroatoms. The van der Waals surface area contributed by atoms with E-state index in [1.165, 1.54) is 0 Å². The van der Waals surface area contributed by atoms with Gasteiger partial charge in [0.2, 0.25) is 0 Å². The van der Waals surface area contributed by atoms with Crippen molar-refractivity contribution in [1.29, 1.82) is 0 Å². The van der Waals surface area contributed by atoms with Crippen LogP contribution < -0.4 is 10.1 Å². The van der Waals surface area contributed by atoms with Crippen LogP contribution >= 0.6 is 0 Å². The molecule has 0 atom stereocenters. The normalized spacial score (nSPS) is 9.44. The van der Waals surface area contributed by atoms with Crippen molar-refractivity contribution in [2.75, 3.05) is 20.7 Å². The number of ether oxygens (including phenoxy) is 1. The van der Waals surface area contributed by atoms with Crippen molar-refractivity contribution in [1.82, 2.24) is 5.32 Å². The number of carboxylic acids is 1. The third-order valence-electron chi connectivity index (χ3n) is 2.34. The Kier molecular flexibility index (Phi) is 5.75. The zero-order chi connectivity index (χ0) is 13.4. The molecule has 4 nitrogen and oxygen atoms in total. The second-order valence-corrected chi connectivity index (χ2v) is 3.76. The van der Waals surface area contributed by atoms with Gasteiger partial charge in [-0.15, -0.1) is 0 Å². The average Bonchev–Trinajstić information content (AvgIpc) is 2.34. The summed E-state index contributed by atoms with van der Waals surface area (Å²) >= 11 is 0. The van der Waals surface area contributed by atoms with Crippen LogP contribution in [0.5, 0.6) is 5.75 Å². The largest absolute Gasteiger partial charge is 0.495 e. The number of methoxy groups -OCH3 is 1. The molecule has 96 valence electrons. The first-order chi connectivity index (χ1) is 8.67. The summed E-state index contributed by atoms with van der Waals surface area (Å²) in [6.07, 6.45) is 0.734. The van der Waals surface area contributed by atoms with E-state index in [4.69, 9.17) is 9.84 Å². The molecule has 1 aromatic carbocycles. The summed E-state index contributed by atoms with van der Waals surface area (Å²) in [6.45, 7) is 0.824. The molecule has 1 rings (SSSR count). The minimum atomic E-state index is -0.853. The molecule has 0 saturated heterocycles. The van der Waals surface area contributed by atoms with Gasteiger partial charge in [0.1, 0.15) is 5.75 Å². The molecule has 0 aliphatic heterocycles. The van der Waals surface area contributed by atoms with Gasteiger partial charge < -0.3 is 15.2 Å². The van der Waals surface area contributed by atoms with Gasteiger partial charge in [0.05, 0.1) is 19.1 Å². The van der Waals surface area contributed by atoms with Crippen LogP contribution in [0.15, 0.2) is 18.2 Å². The van der Waals surface area contributed by atoms with E-state index in [0.29, 0.717) is 5.75 Å². The Morgan fingerprint density at radius 3 is 2.89 bits per heavy atom. The highest BCUT2D eigenvalue weighted by molar-refractivity contribution is 5.70. The van der Waals surface area contributed by atoms with Gasteiger partial charge in [-0.3, -0.25) is 4.79 Å². The van der Waals surface area contributed by atoms with Crippen LogP contribution in [0.1, 0.15) is 17.5 Å². The number of nitrogens with one attached hydrogen (secondary N) is 1. The van der Waals surface area contributed by atoms with E-state index in [1.54, 1.807) is 25.3 Å². The molecule has 0 heterocycles. The van der Waals surface area contributed by atoms with E-state index >= 15 is 0 Å². The second kappa shape index (κ2) is 7.36. The van der Waals surface area contributed by atoms with Gasteiger partial charge in [0, 0.05) is 13.0 Å². The predicted molar refractivity (Wildman–Crippen MR) is 69.8 cm³/mol. The Bertz CT molecular complexity index is 472. The summed E-state index contributed by atoms with van der Waals surface area (Å²) in [6, 6.07) is 5.26. The van der Waals surface area contributed by atoms with Gasteiger partial charge in [-0.2, -0.15) is 0 Å². The maximum atomic E-state index is 10.7. The molecule has 2 N–H and O–H groups in total. The fourth-order valence-corrected chi connectivity index (χ4v) is 1.48. The first kappa shape index (κ1) is 14.1. The number of benzene rings is 1. The minimum Gasteiger partial charge on any atom is -0.495 e. The third kappa shape index (κ3) is 4.48. The summed E-state index contributed by atoms with van der Waals surface area (Å²) in [5.74, 6) is 5.84. The molecule has 0 unspecified atom stereocenters. The molecule has 0 amide bonds. The van der Waals surface area contributed by atoms with Crippen LogP contribution in [0.3, 0.4) is 0 Å². The Labute approximate surface area is 107 Å². The van der Waals surface area contributed by atoms with E-state index < -0.39 is 5.97 Å². The molecular weight excluding hydrogens is 230 g/mol. The fourth-order valence-electron chi connectivity index (χ4n) is 1.48. The van der Waals surface area contributed by atoms with Crippen molar-refractivity contribution in [3.63, 3.8) is 0 Å². The van der Waals surface area contributed by atoms with Gasteiger partial charge in [-0.1, -0.05) is 17.9 Å². The van der Waals surface area contributed by atoms with Gasteiger partial charge in [-0.25, -0.2) is 0 Å².